The zero-order valence-electron chi connectivity index (χ0n) is 16.4. The predicted octanol–water partition coefficient (Wildman–Crippen LogP) is 2.31. The van der Waals surface area contributed by atoms with Crippen LogP contribution < -0.4 is 5.73 Å². The molecule has 10 nitrogen and oxygen atoms in total. The van der Waals surface area contributed by atoms with Gasteiger partial charge in [-0.3, -0.25) is 4.98 Å². The smallest absolute Gasteiger partial charge is 0.335 e. The highest BCUT2D eigenvalue weighted by molar-refractivity contribution is 5.87. The van der Waals surface area contributed by atoms with Gasteiger partial charge < -0.3 is 10.8 Å². The van der Waals surface area contributed by atoms with Crippen molar-refractivity contribution in [3.63, 3.8) is 0 Å². The minimum atomic E-state index is -1.02. The average Bonchev–Trinajstić information content (AvgIpc) is 3.13. The van der Waals surface area contributed by atoms with E-state index in [-0.39, 0.29) is 18.1 Å². The lowest BCUT2D eigenvalue weighted by Gasteiger charge is -2.07. The first-order valence-electron chi connectivity index (χ1n) is 9.18. The van der Waals surface area contributed by atoms with Gasteiger partial charge in [0, 0.05) is 11.8 Å². The Morgan fingerprint density at radius 2 is 2.00 bits per heavy atom. The largest absolute Gasteiger partial charge is 0.478 e. The van der Waals surface area contributed by atoms with E-state index in [0.29, 0.717) is 34.0 Å². The molecule has 152 valence electrons. The number of aromatic carboxylic acids is 1. The molecule has 0 radical (unpaired) electrons. The summed E-state index contributed by atoms with van der Waals surface area (Å²) in [7, 11) is 0. The Hall–Kier alpha value is -4.65. The summed E-state index contributed by atoms with van der Waals surface area (Å²) in [6.07, 6.45) is 1.44. The standard InChI is InChI=1S/C21H16N8O2/c1-12-19(27-28-29(12)11-16-8-15(20(30)31)5-6-24-16)18-9-17(25-21(23)26-18)14-4-2-3-13(7-14)10-22/h2-9H,11H2,1H3,(H,30,31)(H2,23,25,26). The second-order valence-corrected chi connectivity index (χ2v) is 6.71. The van der Waals surface area contributed by atoms with E-state index in [1.54, 1.807) is 28.9 Å². The topological polar surface area (TPSA) is 156 Å². The lowest BCUT2D eigenvalue weighted by molar-refractivity contribution is 0.0696. The number of hydrogen-bond donors (Lipinski definition) is 2. The molecule has 0 fully saturated rings. The molecule has 0 saturated heterocycles. The molecule has 0 bridgehead atoms. The highest BCUT2D eigenvalue weighted by Gasteiger charge is 2.16. The molecule has 0 spiro atoms. The molecule has 0 aliphatic carbocycles. The van der Waals surface area contributed by atoms with Gasteiger partial charge in [0.2, 0.25) is 5.95 Å². The van der Waals surface area contributed by atoms with E-state index in [9.17, 15) is 4.79 Å². The average molecular weight is 412 g/mol. The fourth-order valence-electron chi connectivity index (χ4n) is 3.08. The Morgan fingerprint density at radius 1 is 1.19 bits per heavy atom. The molecular formula is C21H16N8O2. The third kappa shape index (κ3) is 4.06. The van der Waals surface area contributed by atoms with Gasteiger partial charge in [-0.05, 0) is 37.3 Å². The zero-order valence-corrected chi connectivity index (χ0v) is 16.4. The molecule has 4 aromatic rings. The van der Waals surface area contributed by atoms with Crippen LogP contribution in [0.4, 0.5) is 5.95 Å². The van der Waals surface area contributed by atoms with Crippen LogP contribution in [0.2, 0.25) is 0 Å². The van der Waals surface area contributed by atoms with Crippen LogP contribution in [0, 0.1) is 18.3 Å². The van der Waals surface area contributed by atoms with Gasteiger partial charge in [-0.2, -0.15) is 5.26 Å². The summed E-state index contributed by atoms with van der Waals surface area (Å²) in [5.41, 5.74) is 10.1. The van der Waals surface area contributed by atoms with Crippen molar-refractivity contribution < 1.29 is 9.90 Å². The maximum Gasteiger partial charge on any atom is 0.335 e. The number of carboxylic acid groups (broad SMARTS) is 1. The number of pyridine rings is 1. The van der Waals surface area contributed by atoms with Crippen LogP contribution in [-0.2, 0) is 6.54 Å². The molecule has 0 aliphatic rings. The van der Waals surface area contributed by atoms with E-state index < -0.39 is 5.97 Å². The summed E-state index contributed by atoms with van der Waals surface area (Å²) in [6.45, 7) is 2.07. The molecule has 0 atom stereocenters. The first-order chi connectivity index (χ1) is 14.9. The van der Waals surface area contributed by atoms with Crippen LogP contribution in [0.15, 0.2) is 48.7 Å². The van der Waals surface area contributed by atoms with Crippen LogP contribution in [0.25, 0.3) is 22.6 Å². The van der Waals surface area contributed by atoms with Crippen molar-refractivity contribution in [3.8, 4) is 28.7 Å². The van der Waals surface area contributed by atoms with Crippen LogP contribution in [-0.4, -0.2) is 41.0 Å². The molecule has 3 heterocycles. The monoisotopic (exact) mass is 412 g/mol. The fourth-order valence-corrected chi connectivity index (χ4v) is 3.08. The van der Waals surface area contributed by atoms with E-state index in [1.165, 1.54) is 18.3 Å². The summed E-state index contributed by atoms with van der Waals surface area (Å²) in [5.74, 6) is -0.955. The highest BCUT2D eigenvalue weighted by atomic mass is 16.4. The van der Waals surface area contributed by atoms with Crippen LogP contribution in [0.3, 0.4) is 0 Å². The van der Waals surface area contributed by atoms with Gasteiger partial charge in [-0.1, -0.05) is 17.3 Å². The van der Waals surface area contributed by atoms with Gasteiger partial charge in [0.15, 0.2) is 0 Å². The Balaban J connectivity index is 1.69. The Bertz CT molecular complexity index is 1340. The number of aromatic nitrogens is 6. The molecule has 4 rings (SSSR count). The van der Waals surface area contributed by atoms with Crippen LogP contribution in [0.1, 0.15) is 27.3 Å². The lowest BCUT2D eigenvalue weighted by atomic mass is 10.1. The van der Waals surface area contributed by atoms with E-state index in [4.69, 9.17) is 16.1 Å². The van der Waals surface area contributed by atoms with Gasteiger partial charge in [0.1, 0.15) is 5.69 Å². The van der Waals surface area contributed by atoms with E-state index in [2.05, 4.69) is 31.3 Å². The van der Waals surface area contributed by atoms with Crippen molar-refractivity contribution in [2.75, 3.05) is 5.73 Å². The number of rotatable bonds is 5. The van der Waals surface area contributed by atoms with Crippen LogP contribution >= 0.6 is 0 Å². The van der Waals surface area contributed by atoms with Gasteiger partial charge in [0.05, 0.1) is 46.5 Å². The number of nitriles is 1. The third-order valence-corrected chi connectivity index (χ3v) is 4.63. The SMILES string of the molecule is Cc1c(-c2cc(-c3cccc(C#N)c3)nc(N)n2)nnn1Cc1cc(C(=O)O)ccn1. The Labute approximate surface area is 176 Å². The molecule has 3 aromatic heterocycles. The molecule has 10 heteroatoms. The van der Waals surface area contributed by atoms with Gasteiger partial charge >= 0.3 is 5.97 Å². The first kappa shape index (κ1) is 19.7. The third-order valence-electron chi connectivity index (χ3n) is 4.63. The minimum Gasteiger partial charge on any atom is -0.478 e. The maximum atomic E-state index is 11.2. The van der Waals surface area contributed by atoms with Gasteiger partial charge in [-0.15, -0.1) is 5.10 Å². The van der Waals surface area contributed by atoms with Gasteiger partial charge in [-0.25, -0.2) is 19.4 Å². The number of carboxylic acids is 1. The number of carbonyl (C=O) groups is 1. The fraction of sp³-hybridized carbons (Fsp3) is 0.0952. The van der Waals surface area contributed by atoms with E-state index >= 15 is 0 Å². The lowest BCUT2D eigenvalue weighted by Crippen LogP contribution is -2.07. The highest BCUT2D eigenvalue weighted by Crippen LogP contribution is 2.26. The summed E-state index contributed by atoms with van der Waals surface area (Å²) >= 11 is 0. The summed E-state index contributed by atoms with van der Waals surface area (Å²) in [4.78, 5) is 23.9. The Kier molecular flexibility index (Phi) is 5.07. The molecule has 1 aromatic carbocycles. The number of anilines is 1. The van der Waals surface area contributed by atoms with Crippen molar-refractivity contribution >= 4 is 11.9 Å². The van der Waals surface area contributed by atoms with Crippen molar-refractivity contribution in [1.82, 2.24) is 29.9 Å². The number of hydrogen-bond acceptors (Lipinski definition) is 8. The molecular weight excluding hydrogens is 396 g/mol. The van der Waals surface area contributed by atoms with Crippen molar-refractivity contribution in [3.05, 3.63) is 71.2 Å². The summed E-state index contributed by atoms with van der Waals surface area (Å²) < 4.78 is 1.61. The molecule has 0 aliphatic heterocycles. The molecule has 0 saturated carbocycles. The summed E-state index contributed by atoms with van der Waals surface area (Å²) in [5, 5.41) is 26.7. The zero-order chi connectivity index (χ0) is 22.0. The van der Waals surface area contributed by atoms with E-state index in [1.807, 2.05) is 13.0 Å². The quantitative estimate of drug-likeness (QED) is 0.502. The first-order valence-corrected chi connectivity index (χ1v) is 9.18. The van der Waals surface area contributed by atoms with Crippen molar-refractivity contribution in [2.45, 2.75) is 13.5 Å². The van der Waals surface area contributed by atoms with Gasteiger partial charge in [0.25, 0.3) is 0 Å². The van der Waals surface area contributed by atoms with Crippen molar-refractivity contribution in [1.29, 1.82) is 5.26 Å². The minimum absolute atomic E-state index is 0.0691. The number of nitrogens with two attached hydrogens (primary N) is 1. The summed E-state index contributed by atoms with van der Waals surface area (Å²) in [6, 6.07) is 13.8. The second kappa shape index (κ2) is 8.00. The molecule has 31 heavy (non-hydrogen) atoms. The molecule has 0 unspecified atom stereocenters. The van der Waals surface area contributed by atoms with Crippen molar-refractivity contribution in [2.24, 2.45) is 0 Å². The molecule has 3 N–H and O–H groups in total. The number of nitrogens with zero attached hydrogens (tertiary/aromatic N) is 7. The predicted molar refractivity (Wildman–Crippen MR) is 111 cm³/mol. The maximum absolute atomic E-state index is 11.2. The number of benzene rings is 1. The number of nitrogen functional groups attached to an aromatic ring is 1. The second-order valence-electron chi connectivity index (χ2n) is 6.71. The molecule has 0 amide bonds. The van der Waals surface area contributed by atoms with E-state index in [0.717, 1.165) is 5.56 Å². The normalized spacial score (nSPS) is 10.6. The van der Waals surface area contributed by atoms with Crippen LogP contribution in [0.5, 0.6) is 0 Å². The Morgan fingerprint density at radius 3 is 2.77 bits per heavy atom.